The van der Waals surface area contributed by atoms with Crippen LogP contribution in [-0.2, 0) is 19.5 Å². The number of aryl methyl sites for hydroxylation is 2. The lowest BCUT2D eigenvalue weighted by molar-refractivity contribution is 0.0969. The molecule has 44 heavy (non-hydrogen) atoms. The predicted octanol–water partition coefficient (Wildman–Crippen LogP) is 5.05. The highest BCUT2D eigenvalue weighted by atomic mass is 32.1. The number of hydrogen-bond acceptors (Lipinski definition) is 8. The fourth-order valence-corrected chi connectivity index (χ4v) is 6.37. The van der Waals surface area contributed by atoms with E-state index in [1.165, 1.54) is 18.4 Å². The molecule has 0 bridgehead atoms. The van der Waals surface area contributed by atoms with Gasteiger partial charge in [0.2, 0.25) is 0 Å². The maximum atomic E-state index is 13.9. The summed E-state index contributed by atoms with van der Waals surface area (Å²) >= 11 is 1.41. The molecule has 3 aromatic heterocycles. The van der Waals surface area contributed by atoms with Crippen LogP contribution < -0.4 is 21.7 Å². The van der Waals surface area contributed by atoms with Gasteiger partial charge < -0.3 is 4.74 Å². The van der Waals surface area contributed by atoms with E-state index in [1.807, 2.05) is 62.4 Å². The fourth-order valence-electron chi connectivity index (χ4n) is 5.29. The van der Waals surface area contributed by atoms with Crippen molar-refractivity contribution in [1.29, 1.82) is 0 Å². The highest BCUT2D eigenvalue weighted by Crippen LogP contribution is 2.32. The first-order valence-corrected chi connectivity index (χ1v) is 14.8. The number of methoxy groups -OCH3 is 1. The third-order valence-corrected chi connectivity index (χ3v) is 8.85. The van der Waals surface area contributed by atoms with Crippen molar-refractivity contribution in [1.82, 2.24) is 19.3 Å². The molecular formula is C33H28N4O6S. The average Bonchev–Trinajstić information content (AvgIpc) is 3.68. The molecule has 0 radical (unpaired) electrons. The molecule has 0 aliphatic rings. The van der Waals surface area contributed by atoms with Gasteiger partial charge in [-0.1, -0.05) is 54.5 Å². The van der Waals surface area contributed by atoms with E-state index >= 15 is 0 Å². The molecule has 0 aliphatic heterocycles. The highest BCUT2D eigenvalue weighted by Gasteiger charge is 2.20. The van der Waals surface area contributed by atoms with E-state index in [9.17, 15) is 19.2 Å². The number of ketones is 1. The van der Waals surface area contributed by atoms with Crippen LogP contribution in [0.4, 0.5) is 0 Å². The molecule has 0 saturated heterocycles. The summed E-state index contributed by atoms with van der Waals surface area (Å²) in [4.78, 5) is 56.3. The lowest BCUT2D eigenvalue weighted by Gasteiger charge is -2.14. The third-order valence-electron chi connectivity index (χ3n) is 7.55. The largest absolute Gasteiger partial charge is 0.497 e. The number of carbonyl (C=O) groups excluding carboxylic acids is 1. The van der Waals surface area contributed by atoms with E-state index in [4.69, 9.17) is 9.26 Å². The maximum absolute atomic E-state index is 13.9. The van der Waals surface area contributed by atoms with Crippen LogP contribution in [0.15, 0.2) is 91.7 Å². The van der Waals surface area contributed by atoms with Gasteiger partial charge in [-0.15, -0.1) is 11.3 Å². The van der Waals surface area contributed by atoms with E-state index in [0.717, 1.165) is 31.7 Å². The highest BCUT2D eigenvalue weighted by molar-refractivity contribution is 7.18. The van der Waals surface area contributed by atoms with Crippen LogP contribution in [-0.4, -0.2) is 32.2 Å². The van der Waals surface area contributed by atoms with Gasteiger partial charge in [0.25, 0.3) is 5.56 Å². The first kappa shape index (κ1) is 28.8. The summed E-state index contributed by atoms with van der Waals surface area (Å²) in [5.74, 6) is -0.0499. The van der Waals surface area contributed by atoms with Crippen molar-refractivity contribution in [3.8, 4) is 28.3 Å². The average molecular weight is 609 g/mol. The summed E-state index contributed by atoms with van der Waals surface area (Å²) < 4.78 is 12.5. The minimum absolute atomic E-state index is 0.204. The molecular weight excluding hydrogens is 580 g/mol. The quantitative estimate of drug-likeness (QED) is 0.228. The Kier molecular flexibility index (Phi) is 7.71. The van der Waals surface area contributed by atoms with E-state index in [-0.39, 0.29) is 18.9 Å². The minimum atomic E-state index is -0.634. The number of Topliss-reactive ketones (excluding diaryl/α,β-unsaturated/α-hetero) is 1. The van der Waals surface area contributed by atoms with Crippen LogP contribution in [0.25, 0.3) is 32.7 Å². The second-order valence-corrected chi connectivity index (χ2v) is 11.5. The van der Waals surface area contributed by atoms with Crippen molar-refractivity contribution in [2.45, 2.75) is 33.4 Å². The molecule has 6 aromatic rings. The first-order valence-electron chi connectivity index (χ1n) is 14.0. The normalized spacial score (nSPS) is 11.2. The smallest absolute Gasteiger partial charge is 0.439 e. The van der Waals surface area contributed by atoms with Gasteiger partial charge in [-0.25, -0.2) is 9.59 Å². The van der Waals surface area contributed by atoms with Gasteiger partial charge in [0, 0.05) is 16.0 Å². The molecule has 0 unspecified atom stereocenters. The molecule has 0 atom stereocenters. The second kappa shape index (κ2) is 11.8. The van der Waals surface area contributed by atoms with Gasteiger partial charge in [0.05, 0.1) is 25.6 Å². The van der Waals surface area contributed by atoms with Gasteiger partial charge in [0.15, 0.2) is 11.6 Å². The Morgan fingerprint density at radius 2 is 1.70 bits per heavy atom. The van der Waals surface area contributed by atoms with Gasteiger partial charge >= 0.3 is 11.4 Å². The summed E-state index contributed by atoms with van der Waals surface area (Å²) in [6.07, 6.45) is 0.710. The molecule has 0 saturated carbocycles. The van der Waals surface area contributed by atoms with Crippen LogP contribution in [0.1, 0.15) is 33.3 Å². The number of H-pyrrole nitrogens is 1. The van der Waals surface area contributed by atoms with Crippen LogP contribution in [0, 0.1) is 6.92 Å². The fraction of sp³-hybridized carbons (Fsp3) is 0.182. The van der Waals surface area contributed by atoms with Crippen molar-refractivity contribution in [2.24, 2.45) is 0 Å². The van der Waals surface area contributed by atoms with E-state index in [1.54, 1.807) is 28.8 Å². The number of nitrogens with zero attached hydrogens (tertiary/aromatic N) is 3. The lowest BCUT2D eigenvalue weighted by Crippen LogP contribution is -2.41. The number of rotatable bonds is 9. The number of carbonyl (C=O) groups is 1. The standard InChI is InChI=1S/C33H28N4O6S/c1-4-23-16-27-30(39)36(18-28(38)21-10-12-22(42-3)13-11-21)33(41)37(31(27)44-23)17-20-9-14-24(19(2)15-20)25-7-5-6-8-26(25)29-34-32(40)43-35-29/h5-16H,4,17-18H2,1-3H3,(H,34,35,40). The molecule has 10 nitrogen and oxygen atoms in total. The number of aromatic nitrogens is 4. The van der Waals surface area contributed by atoms with Crippen LogP contribution in [0.5, 0.6) is 5.75 Å². The van der Waals surface area contributed by atoms with Crippen molar-refractivity contribution in [2.75, 3.05) is 7.11 Å². The molecule has 3 aromatic carbocycles. The monoisotopic (exact) mass is 608 g/mol. The number of nitrogens with one attached hydrogen (secondary N) is 1. The summed E-state index contributed by atoms with van der Waals surface area (Å²) in [5.41, 5.74) is 3.63. The Morgan fingerprint density at radius 1 is 0.955 bits per heavy atom. The SMILES string of the molecule is CCc1cc2c(=O)n(CC(=O)c3ccc(OC)cc3)c(=O)n(Cc3ccc(-c4ccccc4-c4noc(=O)[nH]4)c(C)c3)c2s1. The molecule has 222 valence electrons. The minimum Gasteiger partial charge on any atom is -0.497 e. The van der Waals surface area contributed by atoms with Crippen LogP contribution in [0.2, 0.25) is 0 Å². The molecule has 0 amide bonds. The Hall–Kier alpha value is -5.29. The summed E-state index contributed by atoms with van der Waals surface area (Å²) in [5, 5.41) is 4.26. The molecule has 0 aliphatic carbocycles. The van der Waals surface area contributed by atoms with Crippen LogP contribution >= 0.6 is 11.3 Å². The van der Waals surface area contributed by atoms with E-state index < -0.39 is 17.0 Å². The zero-order chi connectivity index (χ0) is 31.0. The number of aromatic amines is 1. The maximum Gasteiger partial charge on any atom is 0.439 e. The van der Waals surface area contributed by atoms with Crippen molar-refractivity contribution in [3.05, 3.63) is 126 Å². The molecule has 0 spiro atoms. The van der Waals surface area contributed by atoms with Crippen molar-refractivity contribution < 1.29 is 14.1 Å². The zero-order valence-electron chi connectivity index (χ0n) is 24.2. The number of benzene rings is 3. The summed E-state index contributed by atoms with van der Waals surface area (Å²) in [6, 6.07) is 21.8. The summed E-state index contributed by atoms with van der Waals surface area (Å²) in [7, 11) is 1.54. The van der Waals surface area contributed by atoms with E-state index in [2.05, 4.69) is 10.1 Å². The van der Waals surface area contributed by atoms with Gasteiger partial charge in [0.1, 0.15) is 10.6 Å². The predicted molar refractivity (Wildman–Crippen MR) is 169 cm³/mol. The Balaban J connectivity index is 1.39. The summed E-state index contributed by atoms with van der Waals surface area (Å²) in [6.45, 7) is 3.79. The topological polar surface area (TPSA) is 129 Å². The van der Waals surface area contributed by atoms with Gasteiger partial charge in [-0.2, -0.15) is 0 Å². The van der Waals surface area contributed by atoms with Gasteiger partial charge in [-0.3, -0.25) is 28.2 Å². The Labute approximate surface area is 254 Å². The molecule has 6 rings (SSSR count). The first-order chi connectivity index (χ1) is 21.3. The third kappa shape index (κ3) is 5.33. The number of ether oxygens (including phenoxy) is 1. The second-order valence-electron chi connectivity index (χ2n) is 10.3. The molecule has 3 heterocycles. The van der Waals surface area contributed by atoms with Gasteiger partial charge in [-0.05, 0) is 65.9 Å². The van der Waals surface area contributed by atoms with Crippen molar-refractivity contribution in [3.63, 3.8) is 0 Å². The molecule has 0 fully saturated rings. The van der Waals surface area contributed by atoms with E-state index in [0.29, 0.717) is 39.3 Å². The Morgan fingerprint density at radius 3 is 2.36 bits per heavy atom. The lowest BCUT2D eigenvalue weighted by atomic mass is 9.94. The number of hydrogen-bond donors (Lipinski definition) is 1. The number of thiophene rings is 1. The molecule has 11 heteroatoms. The number of fused-ring (bicyclic) bond motifs is 1. The van der Waals surface area contributed by atoms with Crippen molar-refractivity contribution >= 4 is 27.3 Å². The van der Waals surface area contributed by atoms with Crippen LogP contribution in [0.3, 0.4) is 0 Å². The molecule has 1 N–H and O–H groups in total. The zero-order valence-corrected chi connectivity index (χ0v) is 25.1. The Bertz CT molecular complexity index is 2200.